The van der Waals surface area contributed by atoms with Crippen LogP contribution in [0.25, 0.3) is 16.8 Å². The Bertz CT molecular complexity index is 1220. The number of hydrogen-bond donors (Lipinski definition) is 2. The standard InChI is InChI=1S/C26H24N2O4/c1-3-8-19-13-17(14-22-25(29)28-26(30)27-22)15-23(31-4-2)24(19)32-16-20-11-7-10-18-9-5-6-12-21(18)20/h3,5-7,9-15H,1,4,8,16H2,2H3,(H2,27,28,29,30). The van der Waals surface area contributed by atoms with Crippen LogP contribution < -0.4 is 20.1 Å². The number of carbonyl (C=O) groups excluding carboxylic acids is 2. The van der Waals surface area contributed by atoms with Gasteiger partial charge >= 0.3 is 6.03 Å². The molecule has 0 saturated carbocycles. The predicted molar refractivity (Wildman–Crippen MR) is 124 cm³/mol. The van der Waals surface area contributed by atoms with E-state index in [2.05, 4.69) is 41.5 Å². The van der Waals surface area contributed by atoms with Crippen molar-refractivity contribution in [3.05, 3.63) is 89.6 Å². The highest BCUT2D eigenvalue weighted by Crippen LogP contribution is 2.36. The van der Waals surface area contributed by atoms with Crippen molar-refractivity contribution in [3.63, 3.8) is 0 Å². The lowest BCUT2D eigenvalue weighted by molar-refractivity contribution is -0.115. The highest BCUT2D eigenvalue weighted by Gasteiger charge is 2.23. The van der Waals surface area contributed by atoms with Crippen LogP contribution in [0, 0.1) is 0 Å². The molecule has 3 amide bonds. The molecule has 0 atom stereocenters. The minimum atomic E-state index is -0.535. The molecule has 4 rings (SSSR count). The fourth-order valence-electron chi connectivity index (χ4n) is 3.72. The SMILES string of the molecule is C=CCc1cc(C=C2NC(=O)NC2=O)cc(OCC)c1OCc1cccc2ccccc12. The molecule has 3 aromatic rings. The summed E-state index contributed by atoms with van der Waals surface area (Å²) in [5.41, 5.74) is 2.86. The average Bonchev–Trinajstić information content (AvgIpc) is 3.10. The third kappa shape index (κ3) is 4.49. The van der Waals surface area contributed by atoms with Crippen molar-refractivity contribution in [2.45, 2.75) is 20.0 Å². The highest BCUT2D eigenvalue weighted by molar-refractivity contribution is 6.14. The van der Waals surface area contributed by atoms with Gasteiger partial charge in [0, 0.05) is 5.56 Å². The first-order valence-electron chi connectivity index (χ1n) is 10.4. The van der Waals surface area contributed by atoms with Gasteiger partial charge in [0.25, 0.3) is 5.91 Å². The molecule has 1 heterocycles. The molecule has 1 saturated heterocycles. The van der Waals surface area contributed by atoms with E-state index in [0.717, 1.165) is 27.5 Å². The predicted octanol–water partition coefficient (Wildman–Crippen LogP) is 4.73. The monoisotopic (exact) mass is 428 g/mol. The van der Waals surface area contributed by atoms with E-state index in [1.807, 2.05) is 31.2 Å². The first kappa shape index (κ1) is 21.2. The van der Waals surface area contributed by atoms with E-state index < -0.39 is 11.9 Å². The Morgan fingerprint density at radius 2 is 1.78 bits per heavy atom. The minimum absolute atomic E-state index is 0.187. The molecule has 1 aliphatic rings. The second kappa shape index (κ2) is 9.39. The number of urea groups is 1. The quantitative estimate of drug-likeness (QED) is 0.309. The molecule has 6 heteroatoms. The summed E-state index contributed by atoms with van der Waals surface area (Å²) in [4.78, 5) is 23.3. The van der Waals surface area contributed by atoms with E-state index in [1.165, 1.54) is 0 Å². The molecule has 1 aliphatic heterocycles. The van der Waals surface area contributed by atoms with Crippen LogP contribution in [-0.4, -0.2) is 18.5 Å². The number of allylic oxidation sites excluding steroid dienone is 1. The Balaban J connectivity index is 1.70. The van der Waals surface area contributed by atoms with Gasteiger partial charge < -0.3 is 14.8 Å². The zero-order valence-corrected chi connectivity index (χ0v) is 17.8. The molecule has 1 fully saturated rings. The first-order chi connectivity index (χ1) is 15.6. The second-order valence-corrected chi connectivity index (χ2v) is 7.33. The molecule has 0 spiro atoms. The van der Waals surface area contributed by atoms with Gasteiger partial charge in [-0.05, 0) is 53.5 Å². The summed E-state index contributed by atoms with van der Waals surface area (Å²) in [6.45, 7) is 6.59. The van der Waals surface area contributed by atoms with Crippen molar-refractivity contribution in [1.82, 2.24) is 10.6 Å². The molecule has 0 unspecified atom stereocenters. The number of imide groups is 1. The Hall–Kier alpha value is -4.06. The average molecular weight is 428 g/mol. The van der Waals surface area contributed by atoms with Gasteiger partial charge in [0.2, 0.25) is 0 Å². The molecule has 0 aromatic heterocycles. The zero-order chi connectivity index (χ0) is 22.5. The van der Waals surface area contributed by atoms with Gasteiger partial charge in [0.1, 0.15) is 12.3 Å². The van der Waals surface area contributed by atoms with Crippen molar-refractivity contribution in [3.8, 4) is 11.5 Å². The molecule has 0 aliphatic carbocycles. The van der Waals surface area contributed by atoms with Crippen molar-refractivity contribution >= 4 is 28.8 Å². The largest absolute Gasteiger partial charge is 0.490 e. The maximum absolute atomic E-state index is 11.9. The molecule has 162 valence electrons. The molecule has 32 heavy (non-hydrogen) atoms. The molecule has 0 radical (unpaired) electrons. The number of amides is 3. The van der Waals surface area contributed by atoms with Gasteiger partial charge in [0.15, 0.2) is 11.5 Å². The second-order valence-electron chi connectivity index (χ2n) is 7.33. The topological polar surface area (TPSA) is 76.7 Å². The van der Waals surface area contributed by atoms with Crippen LogP contribution in [0.1, 0.15) is 23.6 Å². The Labute approximate surface area is 186 Å². The first-order valence-corrected chi connectivity index (χ1v) is 10.4. The van der Waals surface area contributed by atoms with E-state index in [4.69, 9.17) is 9.47 Å². The lowest BCUT2D eigenvalue weighted by atomic mass is 10.0. The molecule has 2 N–H and O–H groups in total. The Morgan fingerprint density at radius 1 is 0.969 bits per heavy atom. The van der Waals surface area contributed by atoms with Crippen molar-refractivity contribution in [1.29, 1.82) is 0 Å². The maximum Gasteiger partial charge on any atom is 0.326 e. The van der Waals surface area contributed by atoms with Gasteiger partial charge in [-0.25, -0.2) is 4.79 Å². The Kier molecular flexibility index (Phi) is 6.22. The molecule has 6 nitrogen and oxygen atoms in total. The number of nitrogens with one attached hydrogen (secondary N) is 2. The van der Waals surface area contributed by atoms with Crippen molar-refractivity contribution in [2.24, 2.45) is 0 Å². The zero-order valence-electron chi connectivity index (χ0n) is 17.8. The number of ether oxygens (including phenoxy) is 2. The van der Waals surface area contributed by atoms with Crippen LogP contribution in [0.15, 0.2) is 72.9 Å². The lowest BCUT2D eigenvalue weighted by Crippen LogP contribution is -2.22. The van der Waals surface area contributed by atoms with Gasteiger partial charge in [-0.1, -0.05) is 48.5 Å². The van der Waals surface area contributed by atoms with Crippen LogP contribution >= 0.6 is 0 Å². The summed E-state index contributed by atoms with van der Waals surface area (Å²) in [5.74, 6) is 0.750. The van der Waals surface area contributed by atoms with Crippen LogP contribution in [0.5, 0.6) is 11.5 Å². The van der Waals surface area contributed by atoms with Crippen LogP contribution in [0.4, 0.5) is 4.79 Å². The smallest absolute Gasteiger partial charge is 0.326 e. The van der Waals surface area contributed by atoms with Gasteiger partial charge in [0.05, 0.1) is 6.61 Å². The van der Waals surface area contributed by atoms with E-state index in [9.17, 15) is 9.59 Å². The van der Waals surface area contributed by atoms with E-state index in [-0.39, 0.29) is 5.70 Å². The Morgan fingerprint density at radius 3 is 2.53 bits per heavy atom. The van der Waals surface area contributed by atoms with Gasteiger partial charge in [-0.2, -0.15) is 0 Å². The summed E-state index contributed by atoms with van der Waals surface area (Å²) in [7, 11) is 0. The minimum Gasteiger partial charge on any atom is -0.490 e. The van der Waals surface area contributed by atoms with Crippen LogP contribution in [0.3, 0.4) is 0 Å². The van der Waals surface area contributed by atoms with E-state index in [0.29, 0.717) is 31.1 Å². The summed E-state index contributed by atoms with van der Waals surface area (Å²) in [6.07, 6.45) is 3.96. The van der Waals surface area contributed by atoms with Crippen molar-refractivity contribution in [2.75, 3.05) is 6.61 Å². The highest BCUT2D eigenvalue weighted by atomic mass is 16.5. The van der Waals surface area contributed by atoms with Crippen molar-refractivity contribution < 1.29 is 19.1 Å². The third-order valence-electron chi connectivity index (χ3n) is 5.10. The summed E-state index contributed by atoms with van der Waals surface area (Å²) in [6, 6.07) is 17.5. The van der Waals surface area contributed by atoms with E-state index >= 15 is 0 Å². The van der Waals surface area contributed by atoms with E-state index in [1.54, 1.807) is 18.2 Å². The fourth-order valence-corrected chi connectivity index (χ4v) is 3.72. The molecular weight excluding hydrogens is 404 g/mol. The number of fused-ring (bicyclic) bond motifs is 1. The normalized spacial score (nSPS) is 14.3. The van der Waals surface area contributed by atoms with Gasteiger partial charge in [-0.3, -0.25) is 10.1 Å². The third-order valence-corrected chi connectivity index (χ3v) is 5.10. The van der Waals surface area contributed by atoms with Gasteiger partial charge in [-0.15, -0.1) is 6.58 Å². The summed E-state index contributed by atoms with van der Waals surface area (Å²) >= 11 is 0. The number of benzene rings is 3. The summed E-state index contributed by atoms with van der Waals surface area (Å²) < 4.78 is 12.2. The number of hydrogen-bond acceptors (Lipinski definition) is 4. The maximum atomic E-state index is 11.9. The fraction of sp³-hybridized carbons (Fsp3) is 0.154. The van der Waals surface area contributed by atoms with Crippen LogP contribution in [-0.2, 0) is 17.8 Å². The molecular formula is C26H24N2O4. The number of carbonyl (C=O) groups is 2. The lowest BCUT2D eigenvalue weighted by Gasteiger charge is -2.17. The summed E-state index contributed by atoms with van der Waals surface area (Å²) in [5, 5.41) is 7.00. The number of rotatable bonds is 8. The molecule has 3 aromatic carbocycles. The molecule has 0 bridgehead atoms. The van der Waals surface area contributed by atoms with Crippen LogP contribution in [0.2, 0.25) is 0 Å².